The molecule has 3 heterocycles. The molecule has 0 aliphatic carbocycles. The number of amides is 1. The van der Waals surface area contributed by atoms with Crippen molar-refractivity contribution in [2.75, 3.05) is 18.5 Å². The number of hydrogen-bond acceptors (Lipinski definition) is 10. The van der Waals surface area contributed by atoms with Crippen molar-refractivity contribution in [1.82, 2.24) is 19.5 Å². The van der Waals surface area contributed by atoms with Gasteiger partial charge in [-0.2, -0.15) is 9.97 Å². The number of azide groups is 1. The molecule has 1 aliphatic heterocycles. The van der Waals surface area contributed by atoms with E-state index in [0.29, 0.717) is 17.8 Å². The van der Waals surface area contributed by atoms with Gasteiger partial charge < -0.3 is 18.9 Å². The van der Waals surface area contributed by atoms with E-state index in [1.54, 1.807) is 39.2 Å². The lowest BCUT2D eigenvalue weighted by Gasteiger charge is -2.22. The van der Waals surface area contributed by atoms with Crippen LogP contribution >= 0.6 is 0 Å². The maximum atomic E-state index is 12.5. The smallest absolute Gasteiger partial charge is 0.308 e. The van der Waals surface area contributed by atoms with Crippen molar-refractivity contribution < 1.29 is 28.5 Å². The van der Waals surface area contributed by atoms with Crippen LogP contribution in [-0.2, 0) is 30.4 Å². The summed E-state index contributed by atoms with van der Waals surface area (Å²) in [5.74, 6) is -1.14. The predicted octanol–water partition coefficient (Wildman–Crippen LogP) is 4.18. The lowest BCUT2D eigenvalue weighted by atomic mass is 10.1. The van der Waals surface area contributed by atoms with Gasteiger partial charge in [0.15, 0.2) is 17.4 Å². The number of esters is 1. The average molecular weight is 567 g/mol. The zero-order valence-corrected chi connectivity index (χ0v) is 23.6. The molecule has 41 heavy (non-hydrogen) atoms. The van der Waals surface area contributed by atoms with E-state index in [-0.39, 0.29) is 42.8 Å². The van der Waals surface area contributed by atoms with E-state index in [2.05, 4.69) is 30.3 Å². The highest BCUT2D eigenvalue weighted by Gasteiger charge is 2.47. The highest BCUT2D eigenvalue weighted by atomic mass is 16.6. The molecule has 0 spiro atoms. The molecule has 2 aromatic heterocycles. The fourth-order valence-corrected chi connectivity index (χ4v) is 4.20. The number of benzene rings is 1. The number of nitrogens with zero attached hydrogens (tertiary/aromatic N) is 7. The van der Waals surface area contributed by atoms with Gasteiger partial charge in [0, 0.05) is 17.4 Å². The molecule has 3 aromatic rings. The molecule has 1 N–H and O–H groups in total. The lowest BCUT2D eigenvalue weighted by Crippen LogP contribution is -2.35. The molecule has 1 aromatic carbocycles. The SMILES string of the molecule is CCO[C@@H]1C(N=[N+]=[N-])[C@@H](COC(=O)C(C)C)O[C@H]1n1cnc2c(OCc3ccccc3)nc(NC(=O)C(C)C)nc21. The molecule has 0 saturated carbocycles. The van der Waals surface area contributed by atoms with Crippen LogP contribution in [0.25, 0.3) is 21.6 Å². The first-order valence-electron chi connectivity index (χ1n) is 13.4. The van der Waals surface area contributed by atoms with Crippen molar-refractivity contribution in [3.8, 4) is 5.88 Å². The van der Waals surface area contributed by atoms with E-state index < -0.39 is 30.4 Å². The molecule has 1 saturated heterocycles. The normalized spacial score (nSPS) is 20.3. The Labute approximate surface area is 237 Å². The van der Waals surface area contributed by atoms with Crippen molar-refractivity contribution in [3.05, 3.63) is 52.7 Å². The van der Waals surface area contributed by atoms with Crippen molar-refractivity contribution in [2.24, 2.45) is 17.0 Å². The van der Waals surface area contributed by atoms with Crippen LogP contribution in [0.3, 0.4) is 0 Å². The summed E-state index contributed by atoms with van der Waals surface area (Å²) < 4.78 is 25.3. The molecular formula is C27H34N8O6. The summed E-state index contributed by atoms with van der Waals surface area (Å²) in [5.41, 5.74) is 10.8. The predicted molar refractivity (Wildman–Crippen MR) is 148 cm³/mol. The number of rotatable bonds is 12. The molecule has 4 rings (SSSR count). The number of imidazole rings is 1. The van der Waals surface area contributed by atoms with E-state index in [4.69, 9.17) is 18.9 Å². The van der Waals surface area contributed by atoms with Crippen molar-refractivity contribution in [3.63, 3.8) is 0 Å². The highest BCUT2D eigenvalue weighted by Crippen LogP contribution is 2.37. The molecule has 14 heteroatoms. The number of anilines is 1. The standard InChI is InChI=1S/C27H34N8O6/c1-6-38-21-19(33-34-28)18(13-40-26(37)16(4)5)41-25(21)35-14-29-20-22(35)30-27(31-23(36)15(2)3)32-24(20)39-12-17-10-8-7-9-11-17/h7-11,14-16,18-19,21,25H,6,12-13H2,1-5H3,(H,30,31,32,36)/t18-,19?,21-,25-/m1/s1. The van der Waals surface area contributed by atoms with E-state index in [1.807, 2.05) is 30.3 Å². The van der Waals surface area contributed by atoms with Crippen LogP contribution in [0.2, 0.25) is 0 Å². The molecule has 1 amide bonds. The largest absolute Gasteiger partial charge is 0.471 e. The van der Waals surface area contributed by atoms with Crippen LogP contribution < -0.4 is 10.1 Å². The fourth-order valence-electron chi connectivity index (χ4n) is 4.20. The first-order chi connectivity index (χ1) is 19.7. The summed E-state index contributed by atoms with van der Waals surface area (Å²) in [6.45, 7) is 9.13. The Morgan fingerprint density at radius 3 is 2.59 bits per heavy atom. The van der Waals surface area contributed by atoms with Gasteiger partial charge in [-0.3, -0.25) is 19.5 Å². The van der Waals surface area contributed by atoms with Gasteiger partial charge in [0.2, 0.25) is 17.7 Å². The molecular weight excluding hydrogens is 532 g/mol. The van der Waals surface area contributed by atoms with Crippen LogP contribution in [0.4, 0.5) is 5.95 Å². The Hall–Kier alpha value is -4.26. The number of carbonyl (C=O) groups excluding carboxylic acids is 2. The van der Waals surface area contributed by atoms with Gasteiger partial charge in [-0.25, -0.2) is 4.98 Å². The summed E-state index contributed by atoms with van der Waals surface area (Å²) >= 11 is 0. The van der Waals surface area contributed by atoms with Crippen molar-refractivity contribution in [2.45, 2.75) is 65.7 Å². The topological polar surface area (TPSA) is 175 Å². The number of fused-ring (bicyclic) bond motifs is 1. The zero-order chi connectivity index (χ0) is 29.5. The minimum Gasteiger partial charge on any atom is -0.471 e. The first-order valence-corrected chi connectivity index (χ1v) is 13.4. The van der Waals surface area contributed by atoms with Gasteiger partial charge in [-0.1, -0.05) is 63.1 Å². The van der Waals surface area contributed by atoms with Crippen molar-refractivity contribution >= 4 is 29.0 Å². The number of ether oxygens (including phenoxy) is 4. The van der Waals surface area contributed by atoms with Crippen LogP contribution in [-0.4, -0.2) is 62.9 Å². The van der Waals surface area contributed by atoms with Gasteiger partial charge in [-0.05, 0) is 18.0 Å². The number of aromatic nitrogens is 4. The maximum absolute atomic E-state index is 12.5. The third kappa shape index (κ3) is 6.91. The Morgan fingerprint density at radius 1 is 1.17 bits per heavy atom. The molecule has 14 nitrogen and oxygen atoms in total. The number of nitrogens with one attached hydrogen (secondary N) is 1. The molecule has 218 valence electrons. The molecule has 1 aliphatic rings. The molecule has 0 bridgehead atoms. The van der Waals surface area contributed by atoms with Crippen LogP contribution in [0.15, 0.2) is 41.8 Å². The van der Waals surface area contributed by atoms with Gasteiger partial charge >= 0.3 is 5.97 Å². The van der Waals surface area contributed by atoms with E-state index in [9.17, 15) is 15.1 Å². The first kappa shape index (κ1) is 29.7. The second kappa shape index (κ2) is 13.4. The molecule has 0 radical (unpaired) electrons. The second-order valence-corrected chi connectivity index (χ2v) is 10.1. The van der Waals surface area contributed by atoms with E-state index in [1.165, 1.54) is 6.33 Å². The Kier molecular flexibility index (Phi) is 9.71. The zero-order valence-electron chi connectivity index (χ0n) is 23.6. The van der Waals surface area contributed by atoms with Crippen LogP contribution in [0.1, 0.15) is 46.4 Å². The monoisotopic (exact) mass is 566 g/mol. The average Bonchev–Trinajstić information content (AvgIpc) is 3.52. The second-order valence-electron chi connectivity index (χ2n) is 10.1. The van der Waals surface area contributed by atoms with Gasteiger partial charge in [0.05, 0.1) is 18.3 Å². The number of hydrogen-bond donors (Lipinski definition) is 1. The van der Waals surface area contributed by atoms with E-state index >= 15 is 0 Å². The number of carbonyl (C=O) groups is 2. The summed E-state index contributed by atoms with van der Waals surface area (Å²) in [6, 6.07) is 8.73. The Bertz CT molecular complexity index is 1410. The molecule has 1 fully saturated rings. The third-order valence-corrected chi connectivity index (χ3v) is 6.36. The van der Waals surface area contributed by atoms with Gasteiger partial charge in [0.1, 0.15) is 25.4 Å². The fraction of sp³-hybridized carbons (Fsp3) is 0.519. The summed E-state index contributed by atoms with van der Waals surface area (Å²) in [4.78, 5) is 41.1. The third-order valence-electron chi connectivity index (χ3n) is 6.36. The van der Waals surface area contributed by atoms with E-state index in [0.717, 1.165) is 5.56 Å². The minimum atomic E-state index is -0.858. The molecule has 1 unspecified atom stereocenters. The summed E-state index contributed by atoms with van der Waals surface area (Å²) in [7, 11) is 0. The molecule has 4 atom stereocenters. The minimum absolute atomic E-state index is 0.0287. The van der Waals surface area contributed by atoms with Crippen LogP contribution in [0.5, 0.6) is 5.88 Å². The Morgan fingerprint density at radius 2 is 1.93 bits per heavy atom. The Balaban J connectivity index is 1.73. The van der Waals surface area contributed by atoms with Gasteiger partial charge in [0.25, 0.3) is 0 Å². The summed E-state index contributed by atoms with van der Waals surface area (Å²) in [5, 5.41) is 6.63. The summed E-state index contributed by atoms with van der Waals surface area (Å²) in [6.07, 6.45) is -0.907. The lowest BCUT2D eigenvalue weighted by molar-refractivity contribution is -0.152. The maximum Gasteiger partial charge on any atom is 0.308 e. The highest BCUT2D eigenvalue weighted by molar-refractivity contribution is 5.91. The van der Waals surface area contributed by atoms with Crippen molar-refractivity contribution in [1.29, 1.82) is 0 Å². The quantitative estimate of drug-likeness (QED) is 0.146. The van der Waals surface area contributed by atoms with Crippen LogP contribution in [0, 0.1) is 11.8 Å². The van der Waals surface area contributed by atoms with Gasteiger partial charge in [-0.15, -0.1) is 0 Å².